The molecule has 1 aliphatic rings. The number of carbonyl (C=O) groups is 1. The summed E-state index contributed by atoms with van der Waals surface area (Å²) >= 11 is 0. The molecular formula is C13H20N2O2. The van der Waals surface area contributed by atoms with Gasteiger partial charge in [-0.15, -0.1) is 0 Å². The lowest BCUT2D eigenvalue weighted by molar-refractivity contribution is -0.124. The Bertz CT molecular complexity index is 400. The van der Waals surface area contributed by atoms with Crippen LogP contribution in [0.2, 0.25) is 0 Å². The summed E-state index contributed by atoms with van der Waals surface area (Å²) in [4.78, 5) is 11.5. The minimum atomic E-state index is -0.198. The van der Waals surface area contributed by atoms with Gasteiger partial charge in [-0.3, -0.25) is 4.79 Å². The Morgan fingerprint density at radius 2 is 2.35 bits per heavy atom. The summed E-state index contributed by atoms with van der Waals surface area (Å²) in [6.07, 6.45) is 1.79. The van der Waals surface area contributed by atoms with Crippen molar-refractivity contribution in [1.82, 2.24) is 5.32 Å². The van der Waals surface area contributed by atoms with Gasteiger partial charge in [-0.25, -0.2) is 0 Å². The normalized spacial score (nSPS) is 24.4. The highest BCUT2D eigenvalue weighted by Gasteiger charge is 2.36. The Hall–Kier alpha value is -1.29. The van der Waals surface area contributed by atoms with E-state index in [-0.39, 0.29) is 11.8 Å². The molecule has 3 N–H and O–H groups in total. The predicted octanol–water partition coefficient (Wildman–Crippen LogP) is 1.27. The zero-order valence-electron chi connectivity index (χ0n) is 10.4. The maximum Gasteiger partial charge on any atom is 0.224 e. The van der Waals surface area contributed by atoms with E-state index in [1.807, 2.05) is 12.1 Å². The van der Waals surface area contributed by atoms with Crippen molar-refractivity contribution >= 4 is 5.91 Å². The van der Waals surface area contributed by atoms with Crippen LogP contribution >= 0.6 is 0 Å². The molecule has 1 aromatic rings. The molecular weight excluding hydrogens is 216 g/mol. The quantitative estimate of drug-likeness (QED) is 0.809. The van der Waals surface area contributed by atoms with E-state index in [0.717, 1.165) is 17.4 Å². The molecule has 3 atom stereocenters. The Morgan fingerprint density at radius 3 is 2.88 bits per heavy atom. The van der Waals surface area contributed by atoms with Crippen LogP contribution in [0.4, 0.5) is 0 Å². The standard InChI is InChI=1S/C13H20N2O2/c1-8-5-11(8)12-4-3-10(17-12)6-9(7-14)13(16)15-2/h3-4,8-9,11H,5-7,14H2,1-2H3,(H,15,16). The second-order valence-electron chi connectivity index (χ2n) is 4.87. The first-order chi connectivity index (χ1) is 8.15. The van der Waals surface area contributed by atoms with Crippen molar-refractivity contribution in [3.8, 4) is 0 Å². The molecule has 2 rings (SSSR count). The maximum atomic E-state index is 11.5. The van der Waals surface area contributed by atoms with Gasteiger partial charge < -0.3 is 15.5 Å². The van der Waals surface area contributed by atoms with Gasteiger partial charge in [0.05, 0.1) is 5.92 Å². The van der Waals surface area contributed by atoms with E-state index in [2.05, 4.69) is 12.2 Å². The van der Waals surface area contributed by atoms with Crippen molar-refractivity contribution in [3.05, 3.63) is 23.7 Å². The maximum absolute atomic E-state index is 11.5. The Kier molecular flexibility index (Phi) is 3.52. The molecule has 4 heteroatoms. The summed E-state index contributed by atoms with van der Waals surface area (Å²) in [5, 5.41) is 2.62. The molecule has 1 saturated carbocycles. The highest BCUT2D eigenvalue weighted by atomic mass is 16.3. The number of rotatable bonds is 5. The van der Waals surface area contributed by atoms with Gasteiger partial charge >= 0.3 is 0 Å². The first-order valence-electron chi connectivity index (χ1n) is 6.16. The van der Waals surface area contributed by atoms with Crippen LogP contribution in [0.15, 0.2) is 16.5 Å². The fourth-order valence-corrected chi connectivity index (χ4v) is 2.15. The lowest BCUT2D eigenvalue weighted by Gasteiger charge is -2.10. The number of nitrogens with one attached hydrogen (secondary N) is 1. The number of hydrogen-bond acceptors (Lipinski definition) is 3. The fraction of sp³-hybridized carbons (Fsp3) is 0.615. The minimum Gasteiger partial charge on any atom is -0.466 e. The third-order valence-corrected chi connectivity index (χ3v) is 3.51. The van der Waals surface area contributed by atoms with E-state index < -0.39 is 0 Å². The van der Waals surface area contributed by atoms with E-state index in [0.29, 0.717) is 18.9 Å². The highest BCUT2D eigenvalue weighted by Crippen LogP contribution is 2.47. The second-order valence-corrected chi connectivity index (χ2v) is 4.87. The predicted molar refractivity (Wildman–Crippen MR) is 65.5 cm³/mol. The Balaban J connectivity index is 1.98. The van der Waals surface area contributed by atoms with Crippen LogP contribution in [0.25, 0.3) is 0 Å². The summed E-state index contributed by atoms with van der Waals surface area (Å²) in [5.74, 6) is 3.01. The van der Waals surface area contributed by atoms with Gasteiger partial charge in [0.2, 0.25) is 5.91 Å². The molecule has 0 aromatic carbocycles. The first kappa shape index (κ1) is 12.2. The molecule has 1 aromatic heterocycles. The van der Waals surface area contributed by atoms with E-state index in [1.165, 1.54) is 6.42 Å². The van der Waals surface area contributed by atoms with Crippen LogP contribution in [0.5, 0.6) is 0 Å². The first-order valence-corrected chi connectivity index (χ1v) is 6.16. The van der Waals surface area contributed by atoms with Gasteiger partial charge in [-0.05, 0) is 24.5 Å². The topological polar surface area (TPSA) is 68.3 Å². The number of amides is 1. The molecule has 1 fully saturated rings. The smallest absolute Gasteiger partial charge is 0.224 e. The van der Waals surface area contributed by atoms with E-state index >= 15 is 0 Å². The Labute approximate surface area is 102 Å². The molecule has 0 radical (unpaired) electrons. The number of nitrogens with two attached hydrogens (primary N) is 1. The summed E-state index contributed by atoms with van der Waals surface area (Å²) in [6.45, 7) is 2.57. The van der Waals surface area contributed by atoms with Gasteiger partial charge in [0, 0.05) is 25.9 Å². The van der Waals surface area contributed by atoms with E-state index in [9.17, 15) is 4.79 Å². The van der Waals surface area contributed by atoms with Crippen molar-refractivity contribution in [1.29, 1.82) is 0 Å². The molecule has 17 heavy (non-hydrogen) atoms. The number of furan rings is 1. The summed E-state index contributed by atoms with van der Waals surface area (Å²) < 4.78 is 5.77. The molecule has 3 unspecified atom stereocenters. The van der Waals surface area contributed by atoms with Gasteiger partial charge in [-0.1, -0.05) is 6.92 Å². The van der Waals surface area contributed by atoms with Gasteiger partial charge in [-0.2, -0.15) is 0 Å². The molecule has 1 aliphatic carbocycles. The third-order valence-electron chi connectivity index (χ3n) is 3.51. The van der Waals surface area contributed by atoms with Crippen LogP contribution in [-0.2, 0) is 11.2 Å². The molecule has 0 aliphatic heterocycles. The van der Waals surface area contributed by atoms with E-state index in [1.54, 1.807) is 7.05 Å². The van der Waals surface area contributed by atoms with Gasteiger partial charge in [0.1, 0.15) is 11.5 Å². The van der Waals surface area contributed by atoms with Crippen molar-refractivity contribution in [2.24, 2.45) is 17.6 Å². The van der Waals surface area contributed by atoms with Crippen LogP contribution < -0.4 is 11.1 Å². The highest BCUT2D eigenvalue weighted by molar-refractivity contribution is 5.78. The molecule has 4 nitrogen and oxygen atoms in total. The molecule has 0 bridgehead atoms. The van der Waals surface area contributed by atoms with Crippen LogP contribution in [-0.4, -0.2) is 19.5 Å². The summed E-state index contributed by atoms with van der Waals surface area (Å²) in [6, 6.07) is 3.99. The van der Waals surface area contributed by atoms with Crippen molar-refractivity contribution in [2.75, 3.05) is 13.6 Å². The van der Waals surface area contributed by atoms with Crippen LogP contribution in [0.3, 0.4) is 0 Å². The average molecular weight is 236 g/mol. The summed E-state index contributed by atoms with van der Waals surface area (Å²) in [7, 11) is 1.63. The van der Waals surface area contributed by atoms with Gasteiger partial charge in [0.25, 0.3) is 0 Å². The summed E-state index contributed by atoms with van der Waals surface area (Å²) in [5.41, 5.74) is 5.60. The van der Waals surface area contributed by atoms with Crippen molar-refractivity contribution in [2.45, 2.75) is 25.7 Å². The molecule has 0 saturated heterocycles. The SMILES string of the molecule is CNC(=O)C(CN)Cc1ccc(C2CC2C)o1. The molecule has 1 amide bonds. The second kappa shape index (κ2) is 4.92. The van der Waals surface area contributed by atoms with E-state index in [4.69, 9.17) is 10.2 Å². The number of hydrogen-bond donors (Lipinski definition) is 2. The molecule has 0 spiro atoms. The van der Waals surface area contributed by atoms with Crippen molar-refractivity contribution in [3.63, 3.8) is 0 Å². The largest absolute Gasteiger partial charge is 0.466 e. The Morgan fingerprint density at radius 1 is 1.65 bits per heavy atom. The van der Waals surface area contributed by atoms with Crippen molar-refractivity contribution < 1.29 is 9.21 Å². The van der Waals surface area contributed by atoms with Gasteiger partial charge in [0.15, 0.2) is 0 Å². The zero-order chi connectivity index (χ0) is 12.4. The third kappa shape index (κ3) is 2.69. The lowest BCUT2D eigenvalue weighted by atomic mass is 10.0. The monoisotopic (exact) mass is 236 g/mol. The number of carbonyl (C=O) groups excluding carboxylic acids is 1. The zero-order valence-corrected chi connectivity index (χ0v) is 10.4. The molecule has 1 heterocycles. The fourth-order valence-electron chi connectivity index (χ4n) is 2.15. The lowest BCUT2D eigenvalue weighted by Crippen LogP contribution is -2.33. The minimum absolute atomic E-state index is 0.0229. The van der Waals surface area contributed by atoms with Crippen LogP contribution in [0, 0.1) is 11.8 Å². The van der Waals surface area contributed by atoms with Crippen LogP contribution in [0.1, 0.15) is 30.8 Å². The average Bonchev–Trinajstić information content (AvgIpc) is 2.89. The molecule has 94 valence electrons.